The number of rotatable bonds is 4. The fraction of sp³-hybridized carbons (Fsp3) is 0.222. The molecule has 2 aromatic carbocycles. The summed E-state index contributed by atoms with van der Waals surface area (Å²) >= 11 is 4.89. The van der Waals surface area contributed by atoms with E-state index in [4.69, 9.17) is 0 Å². The van der Waals surface area contributed by atoms with Crippen molar-refractivity contribution in [1.82, 2.24) is 4.98 Å². The molecule has 1 amide bonds. The fourth-order valence-electron chi connectivity index (χ4n) is 2.34. The van der Waals surface area contributed by atoms with Gasteiger partial charge in [0.1, 0.15) is 0 Å². The van der Waals surface area contributed by atoms with Crippen LogP contribution in [-0.4, -0.2) is 10.9 Å². The van der Waals surface area contributed by atoms with Crippen molar-refractivity contribution in [3.05, 3.63) is 58.1 Å². The van der Waals surface area contributed by atoms with E-state index in [0.29, 0.717) is 16.6 Å². The van der Waals surface area contributed by atoms with Crippen molar-refractivity contribution in [2.24, 2.45) is 0 Å². The Morgan fingerprint density at radius 1 is 1.30 bits per heavy atom. The Morgan fingerprint density at radius 2 is 2.13 bits per heavy atom. The van der Waals surface area contributed by atoms with Crippen LogP contribution in [-0.2, 0) is 0 Å². The summed E-state index contributed by atoms with van der Waals surface area (Å²) in [7, 11) is 0. The van der Waals surface area contributed by atoms with Crippen molar-refractivity contribution in [3.8, 4) is 0 Å². The molecule has 0 aliphatic rings. The monoisotopic (exact) mass is 388 g/mol. The maximum Gasteiger partial charge on any atom is 0.257 e. The number of aromatic nitrogens is 1. The number of anilines is 1. The van der Waals surface area contributed by atoms with E-state index in [-0.39, 0.29) is 5.91 Å². The van der Waals surface area contributed by atoms with Gasteiger partial charge in [0.2, 0.25) is 0 Å². The van der Waals surface area contributed by atoms with Crippen molar-refractivity contribution < 1.29 is 4.79 Å². The highest BCUT2D eigenvalue weighted by atomic mass is 79.9. The van der Waals surface area contributed by atoms with Crippen LogP contribution < -0.4 is 5.32 Å². The molecule has 0 bridgehead atoms. The number of halogens is 1. The van der Waals surface area contributed by atoms with Gasteiger partial charge in [0.15, 0.2) is 5.13 Å². The van der Waals surface area contributed by atoms with Gasteiger partial charge in [0.25, 0.3) is 5.91 Å². The topological polar surface area (TPSA) is 42.0 Å². The average molecular weight is 389 g/mol. The Labute approximate surface area is 147 Å². The van der Waals surface area contributed by atoms with Gasteiger partial charge in [-0.1, -0.05) is 53.2 Å². The molecule has 5 heteroatoms. The van der Waals surface area contributed by atoms with E-state index in [1.165, 1.54) is 16.9 Å². The van der Waals surface area contributed by atoms with Crippen molar-refractivity contribution in [1.29, 1.82) is 0 Å². The third-order valence-electron chi connectivity index (χ3n) is 3.90. The highest BCUT2D eigenvalue weighted by Gasteiger charge is 2.11. The van der Waals surface area contributed by atoms with E-state index in [2.05, 4.69) is 52.2 Å². The first-order valence-electron chi connectivity index (χ1n) is 7.54. The van der Waals surface area contributed by atoms with E-state index < -0.39 is 0 Å². The third kappa shape index (κ3) is 3.62. The molecular weight excluding hydrogens is 372 g/mol. The minimum atomic E-state index is -0.146. The molecule has 1 N–H and O–H groups in total. The Hall–Kier alpha value is -1.72. The van der Waals surface area contributed by atoms with Gasteiger partial charge < -0.3 is 0 Å². The number of benzene rings is 2. The van der Waals surface area contributed by atoms with E-state index >= 15 is 0 Å². The molecule has 0 saturated carbocycles. The molecule has 1 unspecified atom stereocenters. The molecule has 0 aliphatic carbocycles. The third-order valence-corrected chi connectivity index (χ3v) is 5.33. The Kier molecular flexibility index (Phi) is 4.78. The Bertz CT molecular complexity index is 859. The van der Waals surface area contributed by atoms with Crippen LogP contribution in [0.25, 0.3) is 10.2 Å². The van der Waals surface area contributed by atoms with Crippen molar-refractivity contribution in [2.45, 2.75) is 26.2 Å². The number of hydrogen-bond acceptors (Lipinski definition) is 3. The molecule has 0 radical (unpaired) electrons. The molecule has 0 aliphatic heterocycles. The van der Waals surface area contributed by atoms with E-state index in [1.807, 2.05) is 18.2 Å². The molecule has 1 aromatic heterocycles. The predicted octanol–water partition coefficient (Wildman–Crippen LogP) is 5.82. The molecule has 3 nitrogen and oxygen atoms in total. The van der Waals surface area contributed by atoms with Gasteiger partial charge in [-0.2, -0.15) is 0 Å². The van der Waals surface area contributed by atoms with Crippen LogP contribution in [0.4, 0.5) is 5.13 Å². The van der Waals surface area contributed by atoms with Crippen molar-refractivity contribution >= 4 is 48.5 Å². The number of nitrogens with zero attached hydrogens (tertiary/aromatic N) is 1. The zero-order valence-corrected chi connectivity index (χ0v) is 15.4. The van der Waals surface area contributed by atoms with Gasteiger partial charge >= 0.3 is 0 Å². The largest absolute Gasteiger partial charge is 0.298 e. The minimum Gasteiger partial charge on any atom is -0.298 e. The first kappa shape index (κ1) is 16.1. The van der Waals surface area contributed by atoms with Crippen LogP contribution in [0.3, 0.4) is 0 Å². The van der Waals surface area contributed by atoms with Crippen LogP contribution in [0.15, 0.2) is 46.9 Å². The predicted molar refractivity (Wildman–Crippen MR) is 100 cm³/mol. The fourth-order valence-corrected chi connectivity index (χ4v) is 3.64. The van der Waals surface area contributed by atoms with Crippen molar-refractivity contribution in [2.75, 3.05) is 5.32 Å². The summed E-state index contributed by atoms with van der Waals surface area (Å²) in [5, 5.41) is 3.52. The van der Waals surface area contributed by atoms with E-state index in [0.717, 1.165) is 21.1 Å². The standard InChI is InChI=1S/C18H17BrN2OS/c1-3-11(2)12-7-8-15-16(10-12)23-18(20-15)21-17(22)13-5-4-6-14(19)9-13/h4-11H,3H2,1-2H3,(H,20,21,22). The highest BCUT2D eigenvalue weighted by Crippen LogP contribution is 2.30. The average Bonchev–Trinajstić information content (AvgIpc) is 2.95. The van der Waals surface area contributed by atoms with E-state index in [1.54, 1.807) is 12.1 Å². The molecule has 0 saturated heterocycles. The molecule has 1 heterocycles. The van der Waals surface area contributed by atoms with Crippen LogP contribution >= 0.6 is 27.3 Å². The van der Waals surface area contributed by atoms with Crippen molar-refractivity contribution in [3.63, 3.8) is 0 Å². The molecule has 3 aromatic rings. The number of carbonyl (C=O) groups excluding carboxylic acids is 1. The summed E-state index contributed by atoms with van der Waals surface area (Å²) in [5.74, 6) is 0.383. The molecule has 23 heavy (non-hydrogen) atoms. The molecule has 118 valence electrons. The van der Waals surface area contributed by atoms with E-state index in [9.17, 15) is 4.79 Å². The second kappa shape index (κ2) is 6.81. The quantitative estimate of drug-likeness (QED) is 0.611. The molecule has 3 rings (SSSR count). The number of hydrogen-bond donors (Lipinski definition) is 1. The normalized spacial score (nSPS) is 12.3. The van der Waals surface area contributed by atoms with Gasteiger partial charge in [-0.05, 0) is 48.2 Å². The number of amides is 1. The number of carbonyl (C=O) groups is 1. The van der Waals surface area contributed by atoms with Crippen LogP contribution in [0.1, 0.15) is 42.1 Å². The summed E-state index contributed by atoms with van der Waals surface area (Å²) in [6.07, 6.45) is 1.11. The lowest BCUT2D eigenvalue weighted by Gasteiger charge is -2.07. The van der Waals surface area contributed by atoms with Crippen LogP contribution in [0.5, 0.6) is 0 Å². The molecule has 0 fully saturated rings. The molecule has 0 spiro atoms. The minimum absolute atomic E-state index is 0.146. The number of thiazole rings is 1. The lowest BCUT2D eigenvalue weighted by Crippen LogP contribution is -2.11. The first-order valence-corrected chi connectivity index (χ1v) is 9.15. The van der Waals surface area contributed by atoms with Gasteiger partial charge in [-0.25, -0.2) is 4.98 Å². The number of nitrogens with one attached hydrogen (secondary N) is 1. The SMILES string of the molecule is CCC(C)c1ccc2nc(NC(=O)c3cccc(Br)c3)sc2c1. The maximum absolute atomic E-state index is 12.3. The summed E-state index contributed by atoms with van der Waals surface area (Å²) in [6.45, 7) is 4.41. The summed E-state index contributed by atoms with van der Waals surface area (Å²) in [4.78, 5) is 16.8. The first-order chi connectivity index (χ1) is 11.1. The van der Waals surface area contributed by atoms with Gasteiger partial charge in [0.05, 0.1) is 10.2 Å². The lowest BCUT2D eigenvalue weighted by atomic mass is 9.99. The van der Waals surface area contributed by atoms with Crippen LogP contribution in [0, 0.1) is 0 Å². The molecule has 1 atom stereocenters. The smallest absolute Gasteiger partial charge is 0.257 e. The Balaban J connectivity index is 1.84. The maximum atomic E-state index is 12.3. The zero-order valence-electron chi connectivity index (χ0n) is 13.0. The van der Waals surface area contributed by atoms with Crippen LogP contribution in [0.2, 0.25) is 0 Å². The zero-order chi connectivity index (χ0) is 16.4. The summed E-state index contributed by atoms with van der Waals surface area (Å²) < 4.78 is 1.99. The molecular formula is C18H17BrN2OS. The van der Waals surface area contributed by atoms with Gasteiger partial charge in [0, 0.05) is 10.0 Å². The lowest BCUT2D eigenvalue weighted by molar-refractivity contribution is 0.102. The second-order valence-corrected chi connectivity index (χ2v) is 7.47. The summed E-state index contributed by atoms with van der Waals surface area (Å²) in [5.41, 5.74) is 2.85. The second-order valence-electron chi connectivity index (χ2n) is 5.52. The number of fused-ring (bicyclic) bond motifs is 1. The highest BCUT2D eigenvalue weighted by molar-refractivity contribution is 9.10. The summed E-state index contributed by atoms with van der Waals surface area (Å²) in [6, 6.07) is 13.6. The van der Waals surface area contributed by atoms with Gasteiger partial charge in [-0.15, -0.1) is 0 Å². The van der Waals surface area contributed by atoms with Gasteiger partial charge in [-0.3, -0.25) is 10.1 Å². The Morgan fingerprint density at radius 3 is 2.87 bits per heavy atom.